The second-order valence-electron chi connectivity index (χ2n) is 4.08. The number of hydrogen-bond donors (Lipinski definition) is 2. The minimum atomic E-state index is 0.194. The minimum absolute atomic E-state index is 0.194. The zero-order valence-corrected chi connectivity index (χ0v) is 10.3. The molecule has 0 radical (unpaired) electrons. The Morgan fingerprint density at radius 1 is 1.38 bits per heavy atom. The van der Waals surface area contributed by atoms with E-state index in [0.717, 1.165) is 10.6 Å². The summed E-state index contributed by atoms with van der Waals surface area (Å²) in [5, 5.41) is 13.3. The molecule has 2 unspecified atom stereocenters. The van der Waals surface area contributed by atoms with Crippen LogP contribution < -0.4 is 5.32 Å². The van der Waals surface area contributed by atoms with E-state index in [2.05, 4.69) is 23.3 Å². The topological polar surface area (TPSA) is 45.1 Å². The van der Waals surface area contributed by atoms with Crippen molar-refractivity contribution in [3.63, 3.8) is 0 Å². The molecular weight excluding hydrogens is 220 g/mol. The summed E-state index contributed by atoms with van der Waals surface area (Å²) in [5.41, 5.74) is 1.03. The van der Waals surface area contributed by atoms with Gasteiger partial charge in [-0.05, 0) is 25.0 Å². The van der Waals surface area contributed by atoms with Crippen LogP contribution in [0.3, 0.4) is 0 Å². The normalized spacial score (nSPS) is 14.9. The lowest BCUT2D eigenvalue weighted by Crippen LogP contribution is -2.26. The van der Waals surface area contributed by atoms with Gasteiger partial charge in [-0.15, -0.1) is 0 Å². The summed E-state index contributed by atoms with van der Waals surface area (Å²) in [4.78, 5) is 4.50. The molecule has 2 N–H and O–H groups in total. The molecule has 2 aromatic rings. The van der Waals surface area contributed by atoms with Crippen molar-refractivity contribution in [2.75, 3.05) is 11.9 Å². The second kappa shape index (κ2) is 4.80. The van der Waals surface area contributed by atoms with Crippen LogP contribution in [0, 0.1) is 5.92 Å². The van der Waals surface area contributed by atoms with Crippen molar-refractivity contribution in [2.24, 2.45) is 5.92 Å². The van der Waals surface area contributed by atoms with E-state index in [1.807, 2.05) is 25.1 Å². The quantitative estimate of drug-likeness (QED) is 0.858. The predicted molar refractivity (Wildman–Crippen MR) is 69.0 cm³/mol. The van der Waals surface area contributed by atoms with E-state index < -0.39 is 0 Å². The van der Waals surface area contributed by atoms with Crippen LogP contribution >= 0.6 is 11.3 Å². The fourth-order valence-electron chi connectivity index (χ4n) is 1.43. The highest BCUT2D eigenvalue weighted by Crippen LogP contribution is 2.26. The van der Waals surface area contributed by atoms with E-state index in [-0.39, 0.29) is 18.6 Å². The van der Waals surface area contributed by atoms with Crippen molar-refractivity contribution in [1.82, 2.24) is 4.98 Å². The lowest BCUT2D eigenvalue weighted by atomic mass is 10.1. The maximum Gasteiger partial charge on any atom is 0.184 e. The number of thiazole rings is 1. The van der Waals surface area contributed by atoms with Crippen molar-refractivity contribution in [1.29, 1.82) is 0 Å². The molecule has 0 aliphatic carbocycles. The van der Waals surface area contributed by atoms with Gasteiger partial charge in [0.1, 0.15) is 0 Å². The number of aliphatic hydroxyl groups excluding tert-OH is 1. The highest BCUT2D eigenvalue weighted by atomic mass is 32.1. The summed E-state index contributed by atoms with van der Waals surface area (Å²) >= 11 is 1.65. The first-order valence-electron chi connectivity index (χ1n) is 5.43. The van der Waals surface area contributed by atoms with Gasteiger partial charge in [-0.2, -0.15) is 0 Å². The molecule has 1 aromatic carbocycles. The largest absolute Gasteiger partial charge is 0.396 e. The van der Waals surface area contributed by atoms with Gasteiger partial charge in [0.25, 0.3) is 0 Å². The molecule has 1 aromatic heterocycles. The standard InChI is InChI=1S/C12H16N2OS/c1-8(7-15)9(2)13-12-14-10-5-3-4-6-11(10)16-12/h3-6,8-9,15H,7H2,1-2H3,(H,13,14). The Morgan fingerprint density at radius 3 is 2.81 bits per heavy atom. The van der Waals surface area contributed by atoms with Gasteiger partial charge in [-0.1, -0.05) is 30.4 Å². The third-order valence-electron chi connectivity index (χ3n) is 2.79. The first-order valence-corrected chi connectivity index (χ1v) is 6.25. The summed E-state index contributed by atoms with van der Waals surface area (Å²) in [6, 6.07) is 8.32. The van der Waals surface area contributed by atoms with Crippen LogP contribution in [0.1, 0.15) is 13.8 Å². The molecule has 0 amide bonds. The van der Waals surface area contributed by atoms with Gasteiger partial charge in [0, 0.05) is 12.6 Å². The number of aromatic nitrogens is 1. The van der Waals surface area contributed by atoms with Crippen molar-refractivity contribution < 1.29 is 5.11 Å². The third-order valence-corrected chi connectivity index (χ3v) is 3.75. The van der Waals surface area contributed by atoms with Crippen LogP contribution in [-0.4, -0.2) is 22.7 Å². The number of aliphatic hydroxyl groups is 1. The molecule has 0 aliphatic heterocycles. The smallest absolute Gasteiger partial charge is 0.184 e. The number of benzene rings is 1. The lowest BCUT2D eigenvalue weighted by Gasteiger charge is -2.18. The van der Waals surface area contributed by atoms with E-state index in [4.69, 9.17) is 5.11 Å². The zero-order valence-electron chi connectivity index (χ0n) is 9.47. The van der Waals surface area contributed by atoms with Gasteiger partial charge >= 0.3 is 0 Å². The van der Waals surface area contributed by atoms with Crippen molar-refractivity contribution in [3.8, 4) is 0 Å². The molecule has 0 spiro atoms. The Balaban J connectivity index is 2.15. The molecule has 0 saturated carbocycles. The monoisotopic (exact) mass is 236 g/mol. The molecule has 0 fully saturated rings. The van der Waals surface area contributed by atoms with Crippen LogP contribution in [0.15, 0.2) is 24.3 Å². The summed E-state index contributed by atoms with van der Waals surface area (Å²) < 4.78 is 1.19. The summed E-state index contributed by atoms with van der Waals surface area (Å²) in [6.07, 6.45) is 0. The number of rotatable bonds is 4. The highest BCUT2D eigenvalue weighted by Gasteiger charge is 2.12. The Bertz CT molecular complexity index is 436. The maximum atomic E-state index is 9.07. The van der Waals surface area contributed by atoms with Gasteiger partial charge in [0.15, 0.2) is 5.13 Å². The fourth-order valence-corrected chi connectivity index (χ4v) is 2.39. The number of nitrogens with zero attached hydrogens (tertiary/aromatic N) is 1. The number of anilines is 1. The highest BCUT2D eigenvalue weighted by molar-refractivity contribution is 7.22. The van der Waals surface area contributed by atoms with E-state index in [0.29, 0.717) is 0 Å². The van der Waals surface area contributed by atoms with Crippen molar-refractivity contribution in [3.05, 3.63) is 24.3 Å². The van der Waals surface area contributed by atoms with Gasteiger partial charge in [0.2, 0.25) is 0 Å². The Morgan fingerprint density at radius 2 is 2.12 bits per heavy atom. The van der Waals surface area contributed by atoms with Crippen molar-refractivity contribution in [2.45, 2.75) is 19.9 Å². The molecular formula is C12H16N2OS. The molecule has 3 nitrogen and oxygen atoms in total. The molecule has 86 valence electrons. The number of hydrogen-bond acceptors (Lipinski definition) is 4. The minimum Gasteiger partial charge on any atom is -0.396 e. The third kappa shape index (κ3) is 2.33. The average Bonchev–Trinajstić information content (AvgIpc) is 2.69. The molecule has 0 aliphatic rings. The van der Waals surface area contributed by atoms with Crippen LogP contribution in [0.4, 0.5) is 5.13 Å². The van der Waals surface area contributed by atoms with E-state index in [1.165, 1.54) is 4.70 Å². The maximum absolute atomic E-state index is 9.07. The number of para-hydroxylation sites is 1. The molecule has 0 bridgehead atoms. The lowest BCUT2D eigenvalue weighted by molar-refractivity contribution is 0.226. The van der Waals surface area contributed by atoms with E-state index in [1.54, 1.807) is 11.3 Å². The first-order chi connectivity index (χ1) is 7.70. The van der Waals surface area contributed by atoms with Crippen LogP contribution in [0.5, 0.6) is 0 Å². The summed E-state index contributed by atoms with van der Waals surface area (Å²) in [5.74, 6) is 0.229. The number of fused-ring (bicyclic) bond motifs is 1. The summed E-state index contributed by atoms with van der Waals surface area (Å²) in [7, 11) is 0. The molecule has 16 heavy (non-hydrogen) atoms. The Kier molecular flexibility index (Phi) is 3.41. The second-order valence-corrected chi connectivity index (χ2v) is 5.11. The van der Waals surface area contributed by atoms with Gasteiger partial charge in [-0.3, -0.25) is 0 Å². The summed E-state index contributed by atoms with van der Waals surface area (Å²) in [6.45, 7) is 4.27. The van der Waals surface area contributed by atoms with E-state index >= 15 is 0 Å². The zero-order chi connectivity index (χ0) is 11.5. The average molecular weight is 236 g/mol. The molecule has 2 rings (SSSR count). The number of nitrogens with one attached hydrogen (secondary N) is 1. The van der Waals surface area contributed by atoms with Crippen LogP contribution in [-0.2, 0) is 0 Å². The fraction of sp³-hybridized carbons (Fsp3) is 0.417. The van der Waals surface area contributed by atoms with E-state index in [9.17, 15) is 0 Å². The van der Waals surface area contributed by atoms with Crippen LogP contribution in [0.2, 0.25) is 0 Å². The van der Waals surface area contributed by atoms with Crippen molar-refractivity contribution >= 4 is 26.7 Å². The van der Waals surface area contributed by atoms with Gasteiger partial charge in [-0.25, -0.2) is 4.98 Å². The Labute approximate surface area is 99.1 Å². The molecule has 0 saturated heterocycles. The molecule has 1 heterocycles. The molecule has 4 heteroatoms. The first kappa shape index (κ1) is 11.4. The van der Waals surface area contributed by atoms with Gasteiger partial charge in [0.05, 0.1) is 10.2 Å². The SMILES string of the molecule is CC(CO)C(C)Nc1nc2ccccc2s1. The Hall–Kier alpha value is -1.13. The molecule has 2 atom stereocenters. The van der Waals surface area contributed by atoms with Gasteiger partial charge < -0.3 is 10.4 Å². The predicted octanol–water partition coefficient (Wildman–Crippen LogP) is 2.73. The van der Waals surface area contributed by atoms with Crippen LogP contribution in [0.25, 0.3) is 10.2 Å².